The topological polar surface area (TPSA) is 49.8 Å². The average Bonchev–Trinajstić information content (AvgIpc) is 2.29. The second-order valence-electron chi connectivity index (χ2n) is 5.26. The Morgan fingerprint density at radius 3 is 2.83 bits per heavy atom. The summed E-state index contributed by atoms with van der Waals surface area (Å²) in [7, 11) is 0. The summed E-state index contributed by atoms with van der Waals surface area (Å²) in [6, 6.07) is 8.36. The first-order chi connectivity index (χ1) is 8.66. The van der Waals surface area contributed by atoms with Crippen LogP contribution < -0.4 is 4.74 Å². The molecule has 18 heavy (non-hydrogen) atoms. The predicted molar refractivity (Wildman–Crippen MR) is 66.5 cm³/mol. The number of nitrogens with zero attached hydrogens (tertiary/aromatic N) is 1. The van der Waals surface area contributed by atoms with Gasteiger partial charge in [-0.1, -0.05) is 25.1 Å². The molecule has 0 amide bonds. The van der Waals surface area contributed by atoms with E-state index in [1.54, 1.807) is 0 Å². The lowest BCUT2D eigenvalue weighted by molar-refractivity contribution is -0.149. The maximum absolute atomic E-state index is 10.9. The van der Waals surface area contributed by atoms with Crippen LogP contribution >= 0.6 is 0 Å². The van der Waals surface area contributed by atoms with E-state index in [1.165, 1.54) is 5.56 Å². The quantitative estimate of drug-likeness (QED) is 0.865. The molecular formula is C14H17NO3. The van der Waals surface area contributed by atoms with E-state index in [2.05, 4.69) is 17.9 Å². The molecule has 0 bridgehead atoms. The van der Waals surface area contributed by atoms with Gasteiger partial charge in [0.25, 0.3) is 0 Å². The van der Waals surface area contributed by atoms with Gasteiger partial charge in [0.1, 0.15) is 5.75 Å². The summed E-state index contributed by atoms with van der Waals surface area (Å²) >= 11 is 0. The van der Waals surface area contributed by atoms with E-state index in [0.29, 0.717) is 31.7 Å². The maximum Gasteiger partial charge on any atom is 0.309 e. The Labute approximate surface area is 106 Å². The van der Waals surface area contributed by atoms with Crippen LogP contribution in [0.1, 0.15) is 18.5 Å². The lowest BCUT2D eigenvalue weighted by atomic mass is 9.86. The Hall–Kier alpha value is -1.55. The molecule has 4 nitrogen and oxygen atoms in total. The summed E-state index contributed by atoms with van der Waals surface area (Å²) in [5, 5.41) is 8.96. The Morgan fingerprint density at radius 1 is 1.39 bits per heavy atom. The molecule has 4 heteroatoms. The van der Waals surface area contributed by atoms with Crippen molar-refractivity contribution in [1.29, 1.82) is 0 Å². The van der Waals surface area contributed by atoms with Gasteiger partial charge in [0.15, 0.2) is 0 Å². The van der Waals surface area contributed by atoms with E-state index in [1.807, 2.05) is 18.2 Å². The molecule has 2 aliphatic rings. The predicted octanol–water partition coefficient (Wildman–Crippen LogP) is 1.77. The highest BCUT2D eigenvalue weighted by Crippen LogP contribution is 2.41. The van der Waals surface area contributed by atoms with E-state index >= 15 is 0 Å². The van der Waals surface area contributed by atoms with Crippen LogP contribution in [0.4, 0.5) is 0 Å². The normalized spacial score (nSPS) is 28.1. The van der Waals surface area contributed by atoms with Crippen molar-refractivity contribution < 1.29 is 14.6 Å². The Bertz CT molecular complexity index is 468. The third-order valence-electron chi connectivity index (χ3n) is 3.93. The molecule has 0 saturated carbocycles. The Kier molecular flexibility index (Phi) is 2.74. The molecule has 2 unspecified atom stereocenters. The van der Waals surface area contributed by atoms with E-state index in [-0.39, 0.29) is 5.92 Å². The van der Waals surface area contributed by atoms with Crippen LogP contribution in [0.5, 0.6) is 5.75 Å². The number of likely N-dealkylation sites (tertiary alicyclic amines) is 1. The Balaban J connectivity index is 1.82. The van der Waals surface area contributed by atoms with Gasteiger partial charge < -0.3 is 9.84 Å². The fraction of sp³-hybridized carbons (Fsp3) is 0.500. The number of carboxylic acid groups (broad SMARTS) is 1. The van der Waals surface area contributed by atoms with Crippen LogP contribution in [0.3, 0.4) is 0 Å². The lowest BCUT2D eigenvalue weighted by Gasteiger charge is -2.46. The summed E-state index contributed by atoms with van der Waals surface area (Å²) < 4.78 is 5.72. The molecule has 0 spiro atoms. The summed E-state index contributed by atoms with van der Waals surface area (Å²) in [5.41, 5.74) is 1.19. The second-order valence-corrected chi connectivity index (χ2v) is 5.26. The molecule has 2 heterocycles. The average molecular weight is 247 g/mol. The van der Waals surface area contributed by atoms with E-state index < -0.39 is 5.97 Å². The molecule has 1 N–H and O–H groups in total. The molecule has 1 aromatic carbocycles. The zero-order valence-electron chi connectivity index (χ0n) is 10.4. The zero-order valence-corrected chi connectivity index (χ0v) is 10.4. The van der Waals surface area contributed by atoms with Gasteiger partial charge in [-0.3, -0.25) is 9.69 Å². The van der Waals surface area contributed by atoms with Gasteiger partial charge in [0.2, 0.25) is 0 Å². The first kappa shape index (κ1) is 11.5. The number of aliphatic carboxylic acids is 1. The molecule has 0 aliphatic carbocycles. The number of para-hydroxylation sites is 1. The number of rotatable bonds is 2. The number of carbonyl (C=O) groups is 1. The minimum Gasteiger partial charge on any atom is -0.493 e. The molecule has 1 aromatic rings. The van der Waals surface area contributed by atoms with Gasteiger partial charge in [0.05, 0.1) is 12.5 Å². The summed E-state index contributed by atoms with van der Waals surface area (Å²) in [6.07, 6.45) is 0. The van der Waals surface area contributed by atoms with Crippen LogP contribution in [0, 0.1) is 11.8 Å². The maximum atomic E-state index is 10.9. The van der Waals surface area contributed by atoms with E-state index in [4.69, 9.17) is 9.84 Å². The van der Waals surface area contributed by atoms with Crippen molar-refractivity contribution in [3.8, 4) is 5.75 Å². The van der Waals surface area contributed by atoms with Gasteiger partial charge in [-0.15, -0.1) is 0 Å². The number of hydrogen-bond acceptors (Lipinski definition) is 3. The van der Waals surface area contributed by atoms with E-state index in [9.17, 15) is 4.79 Å². The van der Waals surface area contributed by atoms with Crippen LogP contribution in [-0.2, 0) is 4.79 Å². The van der Waals surface area contributed by atoms with Gasteiger partial charge >= 0.3 is 5.97 Å². The summed E-state index contributed by atoms with van der Waals surface area (Å²) in [4.78, 5) is 13.1. The highest BCUT2D eigenvalue weighted by Gasteiger charge is 2.41. The molecule has 0 radical (unpaired) electrons. The highest BCUT2D eigenvalue weighted by atomic mass is 16.5. The number of benzene rings is 1. The number of hydrogen-bond donors (Lipinski definition) is 1. The number of fused-ring (bicyclic) bond motifs is 1. The SMILES string of the molecule is CC1COc2ccccc2C1N1CC(C(=O)O)C1. The van der Waals surface area contributed by atoms with Crippen LogP contribution in [0.25, 0.3) is 0 Å². The fourth-order valence-electron chi connectivity index (χ4n) is 2.93. The second kappa shape index (κ2) is 4.28. The van der Waals surface area contributed by atoms with Gasteiger partial charge in [-0.05, 0) is 6.07 Å². The first-order valence-electron chi connectivity index (χ1n) is 6.35. The molecule has 0 aromatic heterocycles. The molecular weight excluding hydrogens is 230 g/mol. The monoisotopic (exact) mass is 247 g/mol. The lowest BCUT2D eigenvalue weighted by Crippen LogP contribution is -2.54. The molecule has 96 valence electrons. The molecule has 2 atom stereocenters. The van der Waals surface area contributed by atoms with Gasteiger partial charge in [0, 0.05) is 30.6 Å². The summed E-state index contributed by atoms with van der Waals surface area (Å²) in [5.74, 6) is 0.459. The highest BCUT2D eigenvalue weighted by molar-refractivity contribution is 5.71. The van der Waals surface area contributed by atoms with Crippen molar-refractivity contribution in [2.45, 2.75) is 13.0 Å². The minimum atomic E-state index is -0.681. The van der Waals surface area contributed by atoms with Crippen LogP contribution in [0.2, 0.25) is 0 Å². The molecule has 2 aliphatic heterocycles. The van der Waals surface area contributed by atoms with Crippen molar-refractivity contribution >= 4 is 5.97 Å². The minimum absolute atomic E-state index is 0.202. The third-order valence-corrected chi connectivity index (χ3v) is 3.93. The molecule has 1 saturated heterocycles. The van der Waals surface area contributed by atoms with Crippen LogP contribution in [0.15, 0.2) is 24.3 Å². The van der Waals surface area contributed by atoms with Crippen molar-refractivity contribution in [3.05, 3.63) is 29.8 Å². The van der Waals surface area contributed by atoms with Gasteiger partial charge in [-0.2, -0.15) is 0 Å². The largest absolute Gasteiger partial charge is 0.493 e. The third kappa shape index (κ3) is 1.77. The fourth-order valence-corrected chi connectivity index (χ4v) is 2.93. The van der Waals surface area contributed by atoms with Crippen molar-refractivity contribution in [1.82, 2.24) is 4.90 Å². The molecule has 3 rings (SSSR count). The van der Waals surface area contributed by atoms with Gasteiger partial charge in [-0.25, -0.2) is 0 Å². The smallest absolute Gasteiger partial charge is 0.309 e. The van der Waals surface area contributed by atoms with Crippen LogP contribution in [-0.4, -0.2) is 35.7 Å². The van der Waals surface area contributed by atoms with E-state index in [0.717, 1.165) is 5.75 Å². The first-order valence-corrected chi connectivity index (χ1v) is 6.35. The summed E-state index contributed by atoms with van der Waals surface area (Å²) in [6.45, 7) is 4.17. The van der Waals surface area contributed by atoms with Crippen molar-refractivity contribution in [3.63, 3.8) is 0 Å². The van der Waals surface area contributed by atoms with Crippen molar-refractivity contribution in [2.75, 3.05) is 19.7 Å². The standard InChI is InChI=1S/C14H17NO3/c1-9-8-18-12-5-3-2-4-11(12)13(9)15-6-10(7-15)14(16)17/h2-5,9-10,13H,6-8H2,1H3,(H,16,17). The molecule has 1 fully saturated rings. The number of carboxylic acids is 1. The zero-order chi connectivity index (χ0) is 12.7. The van der Waals surface area contributed by atoms with Crippen molar-refractivity contribution in [2.24, 2.45) is 11.8 Å². The number of ether oxygens (including phenoxy) is 1. The Morgan fingerprint density at radius 2 is 2.11 bits per heavy atom.